The standard InChI is InChI=1S/C20H22O3/c21-19(16-4-2-1-3-5-16)18-11-8-15(13-18)12-14-6-9-17(10-7-14)20(22)23/h1-7,9-10,15,18-19,21H,8,11-13H2,(H,22,23)/t15?,18-,19+/m0/s1. The summed E-state index contributed by atoms with van der Waals surface area (Å²) in [5.41, 5.74) is 2.51. The Morgan fingerprint density at radius 2 is 1.74 bits per heavy atom. The van der Waals surface area contributed by atoms with E-state index in [0.29, 0.717) is 17.4 Å². The van der Waals surface area contributed by atoms with Crippen molar-refractivity contribution in [1.82, 2.24) is 0 Å². The first kappa shape index (κ1) is 15.8. The number of aliphatic hydroxyl groups is 1. The van der Waals surface area contributed by atoms with Gasteiger partial charge in [-0.3, -0.25) is 0 Å². The Hall–Kier alpha value is -2.13. The average Bonchev–Trinajstić information content (AvgIpc) is 3.04. The average molecular weight is 310 g/mol. The zero-order chi connectivity index (χ0) is 16.2. The molecule has 2 aromatic carbocycles. The SMILES string of the molecule is O=C(O)c1ccc(CC2CC[C@H]([C@H](O)c3ccccc3)C2)cc1. The van der Waals surface area contributed by atoms with Crippen LogP contribution in [0.1, 0.15) is 46.9 Å². The number of hydrogen-bond donors (Lipinski definition) is 2. The molecule has 0 spiro atoms. The lowest BCUT2D eigenvalue weighted by molar-refractivity contribution is 0.0697. The van der Waals surface area contributed by atoms with Gasteiger partial charge in [-0.15, -0.1) is 0 Å². The molecule has 1 aliphatic rings. The molecular formula is C20H22O3. The number of rotatable bonds is 5. The zero-order valence-electron chi connectivity index (χ0n) is 13.1. The zero-order valence-corrected chi connectivity index (χ0v) is 13.1. The highest BCUT2D eigenvalue weighted by Crippen LogP contribution is 2.40. The third-order valence-corrected chi connectivity index (χ3v) is 4.89. The fraction of sp³-hybridized carbons (Fsp3) is 0.350. The molecule has 1 fully saturated rings. The lowest BCUT2D eigenvalue weighted by Gasteiger charge is -2.18. The number of carbonyl (C=O) groups is 1. The summed E-state index contributed by atoms with van der Waals surface area (Å²) in [6.45, 7) is 0. The molecule has 1 saturated carbocycles. The van der Waals surface area contributed by atoms with Crippen molar-refractivity contribution in [1.29, 1.82) is 0 Å². The molecule has 0 saturated heterocycles. The van der Waals surface area contributed by atoms with Crippen LogP contribution in [-0.2, 0) is 6.42 Å². The molecule has 0 bridgehead atoms. The quantitative estimate of drug-likeness (QED) is 0.875. The number of carboxylic acid groups (broad SMARTS) is 1. The van der Waals surface area contributed by atoms with E-state index in [9.17, 15) is 9.90 Å². The molecule has 0 heterocycles. The maximum absolute atomic E-state index is 10.9. The van der Waals surface area contributed by atoms with Crippen molar-refractivity contribution in [3.63, 3.8) is 0 Å². The number of benzene rings is 2. The van der Waals surface area contributed by atoms with Crippen LogP contribution in [-0.4, -0.2) is 16.2 Å². The molecule has 3 nitrogen and oxygen atoms in total. The van der Waals surface area contributed by atoms with Gasteiger partial charge < -0.3 is 10.2 Å². The highest BCUT2D eigenvalue weighted by molar-refractivity contribution is 5.87. The van der Waals surface area contributed by atoms with Gasteiger partial charge >= 0.3 is 5.97 Å². The molecule has 2 N–H and O–H groups in total. The Kier molecular flexibility index (Phi) is 4.77. The Bertz CT molecular complexity index is 648. The normalized spacial score (nSPS) is 22.0. The number of aromatic carboxylic acids is 1. The third kappa shape index (κ3) is 3.80. The van der Waals surface area contributed by atoms with Crippen molar-refractivity contribution in [2.45, 2.75) is 31.8 Å². The van der Waals surface area contributed by atoms with Gasteiger partial charge in [0.25, 0.3) is 0 Å². The second-order valence-corrected chi connectivity index (χ2v) is 6.50. The van der Waals surface area contributed by atoms with E-state index >= 15 is 0 Å². The molecule has 1 unspecified atom stereocenters. The van der Waals surface area contributed by atoms with E-state index < -0.39 is 5.97 Å². The van der Waals surface area contributed by atoms with E-state index in [0.717, 1.165) is 31.2 Å². The van der Waals surface area contributed by atoms with E-state index in [1.807, 2.05) is 42.5 Å². The topological polar surface area (TPSA) is 57.5 Å². The lowest BCUT2D eigenvalue weighted by Crippen LogP contribution is -2.10. The van der Waals surface area contributed by atoms with Gasteiger partial charge in [0.05, 0.1) is 11.7 Å². The predicted molar refractivity (Wildman–Crippen MR) is 89.3 cm³/mol. The van der Waals surface area contributed by atoms with Crippen LogP contribution >= 0.6 is 0 Å². The fourth-order valence-electron chi connectivity index (χ4n) is 3.62. The third-order valence-electron chi connectivity index (χ3n) is 4.89. The Morgan fingerprint density at radius 1 is 1.04 bits per heavy atom. The van der Waals surface area contributed by atoms with Gasteiger partial charge in [-0.1, -0.05) is 42.5 Å². The van der Waals surface area contributed by atoms with Crippen molar-refractivity contribution in [3.8, 4) is 0 Å². The highest BCUT2D eigenvalue weighted by atomic mass is 16.4. The molecule has 0 aliphatic heterocycles. The predicted octanol–water partition coefficient (Wildman–Crippen LogP) is 4.08. The summed E-state index contributed by atoms with van der Waals surface area (Å²) in [6.07, 6.45) is 3.77. The van der Waals surface area contributed by atoms with Crippen LogP contribution in [0, 0.1) is 11.8 Å². The molecular weight excluding hydrogens is 288 g/mol. The van der Waals surface area contributed by atoms with Crippen molar-refractivity contribution < 1.29 is 15.0 Å². The minimum atomic E-state index is -0.886. The smallest absolute Gasteiger partial charge is 0.335 e. The van der Waals surface area contributed by atoms with Crippen LogP contribution < -0.4 is 0 Å². The number of hydrogen-bond acceptors (Lipinski definition) is 2. The van der Waals surface area contributed by atoms with Crippen LogP contribution in [0.25, 0.3) is 0 Å². The summed E-state index contributed by atoms with van der Waals surface area (Å²) in [6, 6.07) is 17.0. The van der Waals surface area contributed by atoms with E-state index in [4.69, 9.17) is 5.11 Å². The summed E-state index contributed by atoms with van der Waals surface area (Å²) in [5, 5.41) is 19.5. The fourth-order valence-corrected chi connectivity index (χ4v) is 3.62. The summed E-state index contributed by atoms with van der Waals surface area (Å²) < 4.78 is 0. The second-order valence-electron chi connectivity index (χ2n) is 6.50. The van der Waals surface area contributed by atoms with Crippen molar-refractivity contribution in [2.24, 2.45) is 11.8 Å². The number of aliphatic hydroxyl groups excluding tert-OH is 1. The first-order valence-electron chi connectivity index (χ1n) is 8.18. The molecule has 1 aliphatic carbocycles. The molecule has 0 aromatic heterocycles. The van der Waals surface area contributed by atoms with Gasteiger partial charge in [-0.25, -0.2) is 4.79 Å². The van der Waals surface area contributed by atoms with Crippen LogP contribution in [0.5, 0.6) is 0 Å². The first-order valence-corrected chi connectivity index (χ1v) is 8.18. The Balaban J connectivity index is 1.58. The summed E-state index contributed by atoms with van der Waals surface area (Å²) in [5.74, 6) is -0.00167. The summed E-state index contributed by atoms with van der Waals surface area (Å²) >= 11 is 0. The summed E-state index contributed by atoms with van der Waals surface area (Å²) in [4.78, 5) is 10.9. The molecule has 23 heavy (non-hydrogen) atoms. The largest absolute Gasteiger partial charge is 0.478 e. The van der Waals surface area contributed by atoms with Gasteiger partial charge in [0.2, 0.25) is 0 Å². The number of carboxylic acids is 1. The summed E-state index contributed by atoms with van der Waals surface area (Å²) in [7, 11) is 0. The van der Waals surface area contributed by atoms with Gasteiger partial charge in [0.1, 0.15) is 0 Å². The van der Waals surface area contributed by atoms with E-state index in [-0.39, 0.29) is 6.10 Å². The molecule has 3 rings (SSSR count). The lowest BCUT2D eigenvalue weighted by atomic mass is 9.91. The molecule has 0 radical (unpaired) electrons. The van der Waals surface area contributed by atoms with Crippen LogP contribution in [0.4, 0.5) is 0 Å². The van der Waals surface area contributed by atoms with Gasteiger partial charge in [-0.05, 0) is 60.8 Å². The van der Waals surface area contributed by atoms with Gasteiger partial charge in [-0.2, -0.15) is 0 Å². The van der Waals surface area contributed by atoms with Crippen molar-refractivity contribution in [3.05, 3.63) is 71.3 Å². The van der Waals surface area contributed by atoms with Crippen molar-refractivity contribution in [2.75, 3.05) is 0 Å². The molecule has 0 amide bonds. The highest BCUT2D eigenvalue weighted by Gasteiger charge is 2.30. The monoisotopic (exact) mass is 310 g/mol. The van der Waals surface area contributed by atoms with E-state index in [1.165, 1.54) is 5.56 Å². The molecule has 120 valence electrons. The van der Waals surface area contributed by atoms with Crippen molar-refractivity contribution >= 4 is 5.97 Å². The minimum Gasteiger partial charge on any atom is -0.478 e. The second kappa shape index (κ2) is 6.97. The maximum Gasteiger partial charge on any atom is 0.335 e. The minimum absolute atomic E-state index is 0.320. The first-order chi connectivity index (χ1) is 11.1. The van der Waals surface area contributed by atoms with Crippen LogP contribution in [0.3, 0.4) is 0 Å². The Morgan fingerprint density at radius 3 is 2.39 bits per heavy atom. The maximum atomic E-state index is 10.9. The Labute approximate surface area is 136 Å². The van der Waals surface area contributed by atoms with Gasteiger partial charge in [0.15, 0.2) is 0 Å². The van der Waals surface area contributed by atoms with Crippen LogP contribution in [0.15, 0.2) is 54.6 Å². The van der Waals surface area contributed by atoms with Gasteiger partial charge in [0, 0.05) is 0 Å². The van der Waals surface area contributed by atoms with E-state index in [2.05, 4.69) is 0 Å². The molecule has 3 heteroatoms. The molecule has 3 atom stereocenters. The van der Waals surface area contributed by atoms with Crippen LogP contribution in [0.2, 0.25) is 0 Å². The van der Waals surface area contributed by atoms with E-state index in [1.54, 1.807) is 12.1 Å². The molecule has 2 aromatic rings.